The molecule has 0 saturated carbocycles. The van der Waals surface area contributed by atoms with Crippen LogP contribution >= 0.6 is 11.6 Å². The number of carbonyl (C=O) groups is 2. The van der Waals surface area contributed by atoms with E-state index in [0.29, 0.717) is 5.02 Å². The highest BCUT2D eigenvalue weighted by Gasteiger charge is 2.33. The molecule has 0 aliphatic carbocycles. The fourth-order valence-electron chi connectivity index (χ4n) is 3.15. The summed E-state index contributed by atoms with van der Waals surface area (Å²) in [6.45, 7) is -0.0456. The molecule has 0 spiro atoms. The largest absolute Gasteiger partial charge is 0.395 e. The Kier molecular flexibility index (Phi) is 7.17. The van der Waals surface area contributed by atoms with Crippen LogP contribution in [0.2, 0.25) is 5.02 Å². The number of nitrogens with zero attached hydrogens (tertiary/aromatic N) is 2. The molecule has 0 radical (unpaired) electrons. The highest BCUT2D eigenvalue weighted by atomic mass is 35.5. The molecule has 2 aromatic carbocycles. The predicted octanol–water partition coefficient (Wildman–Crippen LogP) is 2.95. The maximum absolute atomic E-state index is 13.5. The minimum atomic E-state index is -1.39. The van der Waals surface area contributed by atoms with Crippen LogP contribution in [0.25, 0.3) is 0 Å². The number of aliphatic hydroxyl groups excluding tert-OH is 1. The Morgan fingerprint density at radius 1 is 0.967 bits per heavy atom. The summed E-state index contributed by atoms with van der Waals surface area (Å²) in [5.41, 5.74) is 0.636. The summed E-state index contributed by atoms with van der Waals surface area (Å²) < 4.78 is 1.12. The number of ketones is 1. The normalized spacial score (nSPS) is 11.7. The third-order valence-corrected chi connectivity index (χ3v) is 4.89. The first-order valence-corrected chi connectivity index (χ1v) is 9.79. The van der Waals surface area contributed by atoms with E-state index in [0.717, 1.165) is 10.1 Å². The van der Waals surface area contributed by atoms with Crippen molar-refractivity contribution in [1.29, 1.82) is 0 Å². The van der Waals surface area contributed by atoms with Crippen molar-refractivity contribution in [2.24, 2.45) is 0 Å². The number of aliphatic hydroxyl groups is 1. The highest BCUT2D eigenvalue weighted by Crippen LogP contribution is 2.20. The highest BCUT2D eigenvalue weighted by molar-refractivity contribution is 6.30. The van der Waals surface area contributed by atoms with Gasteiger partial charge >= 0.3 is 0 Å². The Morgan fingerprint density at radius 2 is 1.63 bits per heavy atom. The molecule has 3 aromatic rings. The number of aromatic nitrogens is 1. The minimum absolute atomic E-state index is 0.0275. The van der Waals surface area contributed by atoms with Crippen molar-refractivity contribution >= 4 is 23.3 Å². The molecule has 30 heavy (non-hydrogen) atoms. The Morgan fingerprint density at radius 3 is 2.27 bits per heavy atom. The maximum atomic E-state index is 13.5. The number of hydrogen-bond donors (Lipinski definition) is 1. The molecule has 7 heteroatoms. The number of amides is 1. The van der Waals surface area contributed by atoms with Crippen LogP contribution in [0.3, 0.4) is 0 Å². The zero-order valence-electron chi connectivity index (χ0n) is 16.1. The lowest BCUT2D eigenvalue weighted by Gasteiger charge is -2.27. The smallest absolute Gasteiger partial charge is 0.254 e. The number of halogens is 1. The molecule has 1 heterocycles. The summed E-state index contributed by atoms with van der Waals surface area (Å²) in [4.78, 5) is 40.6. The van der Waals surface area contributed by atoms with Crippen molar-refractivity contribution in [3.8, 4) is 0 Å². The van der Waals surface area contributed by atoms with E-state index in [-0.39, 0.29) is 25.3 Å². The van der Waals surface area contributed by atoms with Gasteiger partial charge in [0, 0.05) is 35.9 Å². The van der Waals surface area contributed by atoms with Gasteiger partial charge in [0.2, 0.25) is 0 Å². The molecule has 1 aromatic heterocycles. The Hall–Kier alpha value is -3.22. The summed E-state index contributed by atoms with van der Waals surface area (Å²) in [6.07, 6.45) is 1.42. The number of carbonyl (C=O) groups excluding carboxylic acids is 2. The van der Waals surface area contributed by atoms with Crippen LogP contribution in [0.5, 0.6) is 0 Å². The van der Waals surface area contributed by atoms with Gasteiger partial charge in [-0.3, -0.25) is 19.0 Å². The van der Waals surface area contributed by atoms with Gasteiger partial charge in [0.1, 0.15) is 0 Å². The van der Waals surface area contributed by atoms with Crippen molar-refractivity contribution in [2.45, 2.75) is 12.6 Å². The Labute approximate surface area is 179 Å². The van der Waals surface area contributed by atoms with E-state index in [1.54, 1.807) is 24.3 Å². The molecule has 0 aliphatic heterocycles. The van der Waals surface area contributed by atoms with E-state index in [4.69, 9.17) is 11.6 Å². The molecule has 154 valence electrons. The lowest BCUT2D eigenvalue weighted by molar-refractivity contribution is -0.134. The number of benzene rings is 2. The topological polar surface area (TPSA) is 79.6 Å². The Bertz CT molecular complexity index is 1060. The third-order valence-electron chi connectivity index (χ3n) is 4.64. The van der Waals surface area contributed by atoms with Gasteiger partial charge in [-0.25, -0.2) is 0 Å². The van der Waals surface area contributed by atoms with E-state index in [9.17, 15) is 19.5 Å². The van der Waals surface area contributed by atoms with Gasteiger partial charge in [0.05, 0.1) is 6.61 Å². The van der Waals surface area contributed by atoms with E-state index < -0.39 is 23.3 Å². The maximum Gasteiger partial charge on any atom is 0.254 e. The van der Waals surface area contributed by atoms with Crippen molar-refractivity contribution < 1.29 is 14.7 Å². The summed E-state index contributed by atoms with van der Waals surface area (Å²) >= 11 is 5.91. The summed E-state index contributed by atoms with van der Waals surface area (Å²) in [7, 11) is 0. The molecule has 1 atom stereocenters. The van der Waals surface area contributed by atoms with Crippen LogP contribution in [-0.2, 0) is 11.3 Å². The van der Waals surface area contributed by atoms with Gasteiger partial charge in [0.15, 0.2) is 11.8 Å². The lowest BCUT2D eigenvalue weighted by atomic mass is 10.0. The van der Waals surface area contributed by atoms with E-state index in [2.05, 4.69) is 0 Å². The Balaban J connectivity index is 2.02. The van der Waals surface area contributed by atoms with Crippen LogP contribution in [-0.4, -0.2) is 39.4 Å². The van der Waals surface area contributed by atoms with E-state index in [1.807, 2.05) is 30.3 Å². The fraction of sp³-hybridized carbons (Fsp3) is 0.174. The van der Waals surface area contributed by atoms with Crippen molar-refractivity contribution in [3.63, 3.8) is 0 Å². The molecular weight excluding hydrogens is 404 g/mol. The summed E-state index contributed by atoms with van der Waals surface area (Å²) in [5.74, 6) is -1.10. The molecule has 6 nitrogen and oxygen atoms in total. The molecular formula is C23H21ClN2O4. The summed E-state index contributed by atoms with van der Waals surface area (Å²) in [5, 5.41) is 9.95. The second-order valence-corrected chi connectivity index (χ2v) is 7.13. The van der Waals surface area contributed by atoms with Crippen LogP contribution in [0.1, 0.15) is 22.0 Å². The van der Waals surface area contributed by atoms with Crippen LogP contribution < -0.4 is 5.56 Å². The van der Waals surface area contributed by atoms with Gasteiger partial charge in [-0.15, -0.1) is 0 Å². The first-order chi connectivity index (χ1) is 14.5. The molecule has 1 unspecified atom stereocenters. The molecule has 0 bridgehead atoms. The molecule has 3 rings (SSSR count). The molecule has 1 amide bonds. The number of hydrogen-bond acceptors (Lipinski definition) is 4. The van der Waals surface area contributed by atoms with Crippen molar-refractivity contribution in [2.75, 3.05) is 13.2 Å². The average molecular weight is 425 g/mol. The first kappa shape index (κ1) is 21.5. The van der Waals surface area contributed by atoms with Crippen molar-refractivity contribution in [3.05, 3.63) is 105 Å². The number of pyridine rings is 1. The fourth-order valence-corrected chi connectivity index (χ4v) is 3.27. The van der Waals surface area contributed by atoms with Crippen molar-refractivity contribution in [1.82, 2.24) is 9.47 Å². The molecule has 0 aliphatic rings. The first-order valence-electron chi connectivity index (χ1n) is 9.42. The van der Waals surface area contributed by atoms with Crippen LogP contribution in [0, 0.1) is 0 Å². The van der Waals surface area contributed by atoms with Crippen LogP contribution in [0.15, 0.2) is 83.8 Å². The zero-order chi connectivity index (χ0) is 21.5. The predicted molar refractivity (Wildman–Crippen MR) is 114 cm³/mol. The monoisotopic (exact) mass is 424 g/mol. The SMILES string of the molecule is O=C(c1ccc(Cl)cc1)C(C(=O)N(CCO)Cc1ccccc1)n1ccccc1=O. The van der Waals surface area contributed by atoms with Gasteiger partial charge in [-0.2, -0.15) is 0 Å². The van der Waals surface area contributed by atoms with Gasteiger partial charge in [0.25, 0.3) is 11.5 Å². The number of Topliss-reactive ketones (excluding diaryl/α,β-unsaturated/α-hetero) is 1. The second-order valence-electron chi connectivity index (χ2n) is 6.69. The minimum Gasteiger partial charge on any atom is -0.395 e. The second kappa shape index (κ2) is 10.0. The number of rotatable bonds is 8. The molecule has 0 saturated heterocycles. The molecule has 0 fully saturated rings. The average Bonchev–Trinajstić information content (AvgIpc) is 2.76. The quantitative estimate of drug-likeness (QED) is 0.445. The summed E-state index contributed by atoms with van der Waals surface area (Å²) in [6, 6.07) is 18.4. The zero-order valence-corrected chi connectivity index (χ0v) is 16.9. The standard InChI is InChI=1S/C23H21ClN2O4/c24-19-11-9-18(10-12-19)22(29)21(26-13-5-4-8-20(26)28)23(30)25(14-15-27)16-17-6-2-1-3-7-17/h1-13,21,27H,14-16H2. The van der Waals surface area contributed by atoms with Gasteiger partial charge in [-0.05, 0) is 35.9 Å². The van der Waals surface area contributed by atoms with E-state index >= 15 is 0 Å². The lowest BCUT2D eigenvalue weighted by Crippen LogP contribution is -2.44. The van der Waals surface area contributed by atoms with Gasteiger partial charge in [-0.1, -0.05) is 48.0 Å². The van der Waals surface area contributed by atoms with Crippen LogP contribution in [0.4, 0.5) is 0 Å². The van der Waals surface area contributed by atoms with E-state index in [1.165, 1.54) is 29.3 Å². The molecule has 1 N–H and O–H groups in total. The third kappa shape index (κ3) is 5.03. The van der Waals surface area contributed by atoms with Gasteiger partial charge < -0.3 is 10.0 Å².